The number of hydrogen-bond acceptors (Lipinski definition) is 5. The number of hydrogen-bond donors (Lipinski definition) is 2. The Morgan fingerprint density at radius 2 is 1.71 bits per heavy atom. The number of aliphatic hydroxyl groups excluding tert-OH is 1. The van der Waals surface area contributed by atoms with Crippen LogP contribution in [0.4, 0.5) is 0 Å². The van der Waals surface area contributed by atoms with E-state index in [9.17, 15) is 5.11 Å². The zero-order valence-electron chi connectivity index (χ0n) is 20.4. The summed E-state index contributed by atoms with van der Waals surface area (Å²) in [5, 5.41) is 12.3. The Balaban J connectivity index is 1.51. The van der Waals surface area contributed by atoms with Gasteiger partial charge in [0.25, 0.3) is 0 Å². The van der Waals surface area contributed by atoms with Gasteiger partial charge in [0.05, 0.1) is 20.3 Å². The molecule has 0 spiro atoms. The number of H-pyrrole nitrogens is 1. The van der Waals surface area contributed by atoms with Crippen LogP contribution in [0.1, 0.15) is 29.8 Å². The quantitative estimate of drug-likeness (QED) is 0.379. The lowest BCUT2D eigenvalue weighted by Crippen LogP contribution is -2.47. The van der Waals surface area contributed by atoms with Crippen molar-refractivity contribution in [1.29, 1.82) is 0 Å². The zero-order valence-corrected chi connectivity index (χ0v) is 20.4. The highest BCUT2D eigenvalue weighted by Crippen LogP contribution is 2.42. The molecular weight excluding hydrogens is 440 g/mol. The van der Waals surface area contributed by atoms with Crippen LogP contribution in [-0.2, 0) is 6.42 Å². The fraction of sp³-hybridized carbons (Fsp3) is 0.310. The third-order valence-corrected chi connectivity index (χ3v) is 6.85. The highest BCUT2D eigenvalue weighted by Gasteiger charge is 2.37. The van der Waals surface area contributed by atoms with E-state index in [1.807, 2.05) is 42.5 Å². The van der Waals surface area contributed by atoms with E-state index in [0.717, 1.165) is 28.9 Å². The zero-order chi connectivity index (χ0) is 24.4. The van der Waals surface area contributed by atoms with Crippen molar-refractivity contribution in [1.82, 2.24) is 9.88 Å². The van der Waals surface area contributed by atoms with Crippen LogP contribution in [0, 0.1) is 0 Å². The normalized spacial score (nSPS) is 18.7. The van der Waals surface area contributed by atoms with Gasteiger partial charge in [-0.1, -0.05) is 42.5 Å². The standard InChI is InChI=1S/C29H32N2O4/c1-19-15-24-23-11-7-8-12-25(23)30-28(24)29(20-13-14-26(33-2)27(16-20)34-3)31(19)17-21(32)18-35-22-9-5-4-6-10-22/h4-14,16,19,21,29-30,32H,15,17-18H2,1-3H3. The molecule has 0 saturated heterocycles. The Labute approximate surface area is 206 Å². The molecule has 6 heteroatoms. The Hall–Kier alpha value is -3.48. The van der Waals surface area contributed by atoms with E-state index in [2.05, 4.69) is 47.1 Å². The molecule has 3 atom stereocenters. The summed E-state index contributed by atoms with van der Waals surface area (Å²) in [6.07, 6.45) is 0.251. The van der Waals surface area contributed by atoms with Crippen molar-refractivity contribution < 1.29 is 19.3 Å². The molecule has 2 heterocycles. The average molecular weight is 473 g/mol. The molecule has 0 amide bonds. The van der Waals surface area contributed by atoms with Crippen LogP contribution in [0.5, 0.6) is 17.2 Å². The van der Waals surface area contributed by atoms with E-state index in [-0.39, 0.29) is 18.7 Å². The number of β-amino-alcohol motifs (C(OH)–C–C–N with tert-alkyl or cyclic N) is 1. The molecule has 1 aliphatic heterocycles. The Morgan fingerprint density at radius 1 is 0.971 bits per heavy atom. The summed E-state index contributed by atoms with van der Waals surface area (Å²) in [5.74, 6) is 2.14. The summed E-state index contributed by atoms with van der Waals surface area (Å²) in [6.45, 7) is 2.93. The van der Waals surface area contributed by atoms with Gasteiger partial charge in [-0.15, -0.1) is 0 Å². The highest BCUT2D eigenvalue weighted by molar-refractivity contribution is 5.85. The smallest absolute Gasteiger partial charge is 0.161 e. The molecule has 0 fully saturated rings. The number of methoxy groups -OCH3 is 2. The molecule has 0 bridgehead atoms. The van der Waals surface area contributed by atoms with Crippen molar-refractivity contribution in [3.05, 3.63) is 89.6 Å². The first-order valence-electron chi connectivity index (χ1n) is 12.0. The summed E-state index contributed by atoms with van der Waals surface area (Å²) < 4.78 is 17.0. The molecule has 2 N–H and O–H groups in total. The molecule has 5 rings (SSSR count). The minimum atomic E-state index is -0.647. The van der Waals surface area contributed by atoms with Crippen molar-refractivity contribution in [2.24, 2.45) is 0 Å². The topological polar surface area (TPSA) is 67.0 Å². The molecule has 4 aromatic rings. The Kier molecular flexibility index (Phi) is 6.66. The van der Waals surface area contributed by atoms with Gasteiger partial charge in [0.1, 0.15) is 18.5 Å². The summed E-state index contributed by atoms with van der Waals surface area (Å²) in [6, 6.07) is 24.3. The highest BCUT2D eigenvalue weighted by atomic mass is 16.5. The van der Waals surface area contributed by atoms with E-state index < -0.39 is 6.10 Å². The molecule has 3 unspecified atom stereocenters. The van der Waals surface area contributed by atoms with Gasteiger partial charge in [-0.2, -0.15) is 0 Å². The number of aromatic amines is 1. The number of nitrogens with one attached hydrogen (secondary N) is 1. The van der Waals surface area contributed by atoms with E-state index in [0.29, 0.717) is 18.0 Å². The third-order valence-electron chi connectivity index (χ3n) is 6.85. The van der Waals surface area contributed by atoms with Crippen LogP contribution in [0.3, 0.4) is 0 Å². The molecule has 0 saturated carbocycles. The SMILES string of the molecule is COc1ccc(C2c3[nH]c4ccccc4c3CC(C)N2CC(O)COc2ccccc2)cc1OC. The van der Waals surface area contributed by atoms with E-state index >= 15 is 0 Å². The van der Waals surface area contributed by atoms with Crippen LogP contribution in [-0.4, -0.2) is 54.5 Å². The monoisotopic (exact) mass is 472 g/mol. The van der Waals surface area contributed by atoms with Crippen molar-refractivity contribution in [3.63, 3.8) is 0 Å². The maximum absolute atomic E-state index is 11.0. The second-order valence-electron chi connectivity index (χ2n) is 9.11. The van der Waals surface area contributed by atoms with Gasteiger partial charge in [0, 0.05) is 29.2 Å². The largest absolute Gasteiger partial charge is 0.493 e. The molecule has 1 aromatic heterocycles. The number of para-hydroxylation sites is 2. The molecule has 35 heavy (non-hydrogen) atoms. The average Bonchev–Trinajstić information content (AvgIpc) is 3.26. The number of fused-ring (bicyclic) bond motifs is 3. The van der Waals surface area contributed by atoms with Gasteiger partial charge in [0.15, 0.2) is 11.5 Å². The van der Waals surface area contributed by atoms with Gasteiger partial charge < -0.3 is 24.3 Å². The van der Waals surface area contributed by atoms with Crippen LogP contribution in [0.25, 0.3) is 10.9 Å². The lowest BCUT2D eigenvalue weighted by molar-refractivity contribution is 0.0364. The summed E-state index contributed by atoms with van der Waals surface area (Å²) in [5.41, 5.74) is 4.70. The van der Waals surface area contributed by atoms with Gasteiger partial charge in [0.2, 0.25) is 0 Å². The first-order valence-corrected chi connectivity index (χ1v) is 12.0. The van der Waals surface area contributed by atoms with E-state index in [1.165, 1.54) is 10.9 Å². The fourth-order valence-electron chi connectivity index (χ4n) is 5.18. The molecule has 0 radical (unpaired) electrons. The van der Waals surface area contributed by atoms with Crippen LogP contribution in [0.2, 0.25) is 0 Å². The second-order valence-corrected chi connectivity index (χ2v) is 9.11. The maximum atomic E-state index is 11.0. The third kappa shape index (κ3) is 4.59. The lowest BCUT2D eigenvalue weighted by Gasteiger charge is -2.42. The number of rotatable bonds is 8. The van der Waals surface area contributed by atoms with Gasteiger partial charge >= 0.3 is 0 Å². The van der Waals surface area contributed by atoms with Crippen LogP contribution < -0.4 is 14.2 Å². The first-order chi connectivity index (χ1) is 17.1. The number of ether oxygens (including phenoxy) is 3. The predicted molar refractivity (Wildman–Crippen MR) is 138 cm³/mol. The molecular formula is C29H32N2O4. The van der Waals surface area contributed by atoms with Gasteiger partial charge in [-0.25, -0.2) is 0 Å². The van der Waals surface area contributed by atoms with Crippen molar-refractivity contribution in [2.45, 2.75) is 31.5 Å². The van der Waals surface area contributed by atoms with E-state index in [1.54, 1.807) is 14.2 Å². The summed E-state index contributed by atoms with van der Waals surface area (Å²) in [7, 11) is 3.30. The van der Waals surface area contributed by atoms with Crippen molar-refractivity contribution >= 4 is 10.9 Å². The minimum absolute atomic E-state index is 0.0765. The van der Waals surface area contributed by atoms with Crippen LogP contribution in [0.15, 0.2) is 72.8 Å². The predicted octanol–water partition coefficient (Wildman–Crippen LogP) is 4.96. The van der Waals surface area contributed by atoms with Crippen molar-refractivity contribution in [2.75, 3.05) is 27.4 Å². The molecule has 0 aliphatic carbocycles. The number of nitrogens with zero attached hydrogens (tertiary/aromatic N) is 1. The first kappa shape index (κ1) is 23.3. The molecule has 1 aliphatic rings. The molecule has 6 nitrogen and oxygen atoms in total. The van der Waals surface area contributed by atoms with E-state index in [4.69, 9.17) is 14.2 Å². The molecule has 3 aromatic carbocycles. The number of aromatic nitrogens is 1. The number of benzene rings is 3. The fourth-order valence-corrected chi connectivity index (χ4v) is 5.18. The maximum Gasteiger partial charge on any atom is 0.161 e. The number of aliphatic hydroxyl groups is 1. The Bertz CT molecular complexity index is 1290. The second kappa shape index (κ2) is 10.0. The van der Waals surface area contributed by atoms with Crippen LogP contribution >= 0.6 is 0 Å². The van der Waals surface area contributed by atoms with Crippen molar-refractivity contribution in [3.8, 4) is 17.2 Å². The molecule has 182 valence electrons. The Morgan fingerprint density at radius 3 is 2.49 bits per heavy atom. The summed E-state index contributed by atoms with van der Waals surface area (Å²) >= 11 is 0. The van der Waals surface area contributed by atoms with Gasteiger partial charge in [-0.05, 0) is 54.8 Å². The van der Waals surface area contributed by atoms with Gasteiger partial charge in [-0.3, -0.25) is 4.90 Å². The lowest BCUT2D eigenvalue weighted by atomic mass is 9.88. The minimum Gasteiger partial charge on any atom is -0.493 e. The summed E-state index contributed by atoms with van der Waals surface area (Å²) in [4.78, 5) is 6.04.